The Kier molecular flexibility index (Phi) is 4.96. The number of amides is 1. The summed E-state index contributed by atoms with van der Waals surface area (Å²) in [6.07, 6.45) is 0. The van der Waals surface area contributed by atoms with Gasteiger partial charge in [0.1, 0.15) is 11.3 Å². The number of benzene rings is 2. The molecule has 0 aliphatic rings. The Hall–Kier alpha value is -2.59. The maximum Gasteiger partial charge on any atom is 0.234 e. The van der Waals surface area contributed by atoms with Gasteiger partial charge in [0.15, 0.2) is 0 Å². The zero-order valence-corrected chi connectivity index (χ0v) is 14.0. The minimum atomic E-state index is -0.168. The number of carbonyl (C=O) groups excluding carboxylic acids is 1. The highest BCUT2D eigenvalue weighted by atomic mass is 16.3. The van der Waals surface area contributed by atoms with Crippen molar-refractivity contribution in [3.63, 3.8) is 0 Å². The van der Waals surface area contributed by atoms with E-state index in [1.165, 1.54) is 0 Å². The average Bonchev–Trinajstić information content (AvgIpc) is 3.05. The second-order valence-electron chi connectivity index (χ2n) is 5.99. The molecule has 0 spiro atoms. The third kappa shape index (κ3) is 3.84. The molecule has 4 nitrogen and oxygen atoms in total. The Morgan fingerprint density at radius 3 is 2.46 bits per heavy atom. The summed E-state index contributed by atoms with van der Waals surface area (Å²) in [5.41, 5.74) is 2.00. The minimum absolute atomic E-state index is 0.0502. The van der Waals surface area contributed by atoms with Gasteiger partial charge in [-0.3, -0.25) is 4.79 Å². The molecule has 0 fully saturated rings. The molecule has 124 valence electrons. The summed E-state index contributed by atoms with van der Waals surface area (Å²) in [7, 11) is 0. The second-order valence-corrected chi connectivity index (χ2v) is 5.99. The molecule has 0 saturated carbocycles. The van der Waals surface area contributed by atoms with Gasteiger partial charge in [0.25, 0.3) is 0 Å². The third-order valence-electron chi connectivity index (χ3n) is 4.12. The number of furan rings is 1. The number of nitrogens with one attached hydrogen (secondary N) is 2. The molecule has 0 bridgehead atoms. The molecular formula is C20H22N2O2. The Labute approximate surface area is 141 Å². The van der Waals surface area contributed by atoms with Crippen LogP contribution in [0.2, 0.25) is 0 Å². The highest BCUT2D eigenvalue weighted by Gasteiger charge is 2.14. The predicted molar refractivity (Wildman–Crippen MR) is 95.6 cm³/mol. The summed E-state index contributed by atoms with van der Waals surface area (Å²) in [5.74, 6) is 0.714. The van der Waals surface area contributed by atoms with E-state index in [-0.39, 0.29) is 24.5 Å². The number of hydrogen-bond acceptors (Lipinski definition) is 3. The quantitative estimate of drug-likeness (QED) is 0.722. The molecule has 0 aliphatic heterocycles. The second kappa shape index (κ2) is 7.32. The molecule has 3 aromatic rings. The van der Waals surface area contributed by atoms with Crippen molar-refractivity contribution in [2.45, 2.75) is 25.9 Å². The average molecular weight is 322 g/mol. The van der Waals surface area contributed by atoms with Crippen LogP contribution in [-0.4, -0.2) is 12.5 Å². The molecule has 0 aliphatic carbocycles. The fraction of sp³-hybridized carbons (Fsp3) is 0.250. The molecule has 1 amide bonds. The molecule has 3 rings (SSSR count). The lowest BCUT2D eigenvalue weighted by Crippen LogP contribution is -2.36. The number of rotatable bonds is 6. The van der Waals surface area contributed by atoms with Gasteiger partial charge in [-0.05, 0) is 31.5 Å². The monoisotopic (exact) mass is 322 g/mol. The summed E-state index contributed by atoms with van der Waals surface area (Å²) in [5, 5.41) is 7.25. The molecule has 2 atom stereocenters. The summed E-state index contributed by atoms with van der Waals surface area (Å²) in [6.45, 7) is 4.24. The normalized spacial score (nSPS) is 13.6. The maximum absolute atomic E-state index is 12.2. The summed E-state index contributed by atoms with van der Waals surface area (Å²) in [4.78, 5) is 12.2. The topological polar surface area (TPSA) is 54.3 Å². The number of fused-ring (bicyclic) bond motifs is 1. The highest BCUT2D eigenvalue weighted by molar-refractivity contribution is 5.80. The molecule has 0 radical (unpaired) electrons. The van der Waals surface area contributed by atoms with Crippen molar-refractivity contribution in [1.82, 2.24) is 10.6 Å². The standard InChI is InChI=1S/C20H22N2O2/c1-14(16-8-4-3-5-9-16)21-13-20(23)22-15(2)19-12-17-10-6-7-11-18(17)24-19/h3-12,14-15,21H,13H2,1-2H3,(H,22,23)/t14-,15+/m0/s1. The first-order chi connectivity index (χ1) is 11.6. The fourth-order valence-corrected chi connectivity index (χ4v) is 2.68. The van der Waals surface area contributed by atoms with Crippen molar-refractivity contribution in [1.29, 1.82) is 0 Å². The SMILES string of the molecule is C[C@H](NCC(=O)N[C@H](C)c1cc2ccccc2o1)c1ccccc1. The Morgan fingerprint density at radius 1 is 1.00 bits per heavy atom. The van der Waals surface area contributed by atoms with Crippen LogP contribution in [0, 0.1) is 0 Å². The van der Waals surface area contributed by atoms with Crippen LogP contribution in [0.1, 0.15) is 37.3 Å². The first kappa shape index (κ1) is 16.3. The van der Waals surface area contributed by atoms with Gasteiger partial charge in [-0.25, -0.2) is 0 Å². The molecule has 4 heteroatoms. The van der Waals surface area contributed by atoms with Crippen LogP contribution in [0.5, 0.6) is 0 Å². The zero-order chi connectivity index (χ0) is 16.9. The zero-order valence-electron chi connectivity index (χ0n) is 14.0. The Balaban J connectivity index is 1.54. The van der Waals surface area contributed by atoms with Gasteiger partial charge in [0.2, 0.25) is 5.91 Å². The highest BCUT2D eigenvalue weighted by Crippen LogP contribution is 2.23. The minimum Gasteiger partial charge on any atom is -0.459 e. The van der Waals surface area contributed by atoms with Crippen LogP contribution in [0.3, 0.4) is 0 Å². The van der Waals surface area contributed by atoms with Crippen molar-refractivity contribution in [2.75, 3.05) is 6.54 Å². The van der Waals surface area contributed by atoms with E-state index in [2.05, 4.69) is 10.6 Å². The molecule has 1 aromatic heterocycles. The van der Waals surface area contributed by atoms with Crippen LogP contribution >= 0.6 is 0 Å². The fourth-order valence-electron chi connectivity index (χ4n) is 2.68. The molecule has 0 unspecified atom stereocenters. The van der Waals surface area contributed by atoms with Gasteiger partial charge < -0.3 is 15.1 Å². The van der Waals surface area contributed by atoms with Gasteiger partial charge in [0, 0.05) is 11.4 Å². The van der Waals surface area contributed by atoms with Gasteiger partial charge in [-0.1, -0.05) is 48.5 Å². The van der Waals surface area contributed by atoms with E-state index in [0.717, 1.165) is 22.3 Å². The molecule has 0 saturated heterocycles. The van der Waals surface area contributed by atoms with E-state index in [9.17, 15) is 4.79 Å². The lowest BCUT2D eigenvalue weighted by atomic mass is 10.1. The van der Waals surface area contributed by atoms with Crippen LogP contribution < -0.4 is 10.6 Å². The summed E-state index contributed by atoms with van der Waals surface area (Å²) in [6, 6.07) is 19.8. The molecule has 1 heterocycles. The molecule has 2 N–H and O–H groups in total. The van der Waals surface area contributed by atoms with Gasteiger partial charge in [-0.15, -0.1) is 0 Å². The summed E-state index contributed by atoms with van der Waals surface area (Å²) < 4.78 is 5.79. The van der Waals surface area contributed by atoms with Crippen LogP contribution in [0.4, 0.5) is 0 Å². The first-order valence-corrected chi connectivity index (χ1v) is 8.19. The van der Waals surface area contributed by atoms with Gasteiger partial charge in [-0.2, -0.15) is 0 Å². The van der Waals surface area contributed by atoms with E-state index in [1.807, 2.05) is 74.5 Å². The van der Waals surface area contributed by atoms with E-state index >= 15 is 0 Å². The third-order valence-corrected chi connectivity index (χ3v) is 4.12. The number of para-hydroxylation sites is 1. The van der Waals surface area contributed by atoms with E-state index in [4.69, 9.17) is 4.42 Å². The summed E-state index contributed by atoms with van der Waals surface area (Å²) >= 11 is 0. The van der Waals surface area contributed by atoms with Crippen molar-refractivity contribution in [3.05, 3.63) is 72.0 Å². The van der Waals surface area contributed by atoms with Crippen molar-refractivity contribution in [3.8, 4) is 0 Å². The number of hydrogen-bond donors (Lipinski definition) is 2. The molecule has 2 aromatic carbocycles. The Morgan fingerprint density at radius 2 is 1.71 bits per heavy atom. The smallest absolute Gasteiger partial charge is 0.234 e. The van der Waals surface area contributed by atoms with Gasteiger partial charge >= 0.3 is 0 Å². The van der Waals surface area contributed by atoms with E-state index in [1.54, 1.807) is 0 Å². The molecular weight excluding hydrogens is 300 g/mol. The first-order valence-electron chi connectivity index (χ1n) is 8.19. The van der Waals surface area contributed by atoms with Crippen molar-refractivity contribution < 1.29 is 9.21 Å². The van der Waals surface area contributed by atoms with E-state index < -0.39 is 0 Å². The predicted octanol–water partition coefficient (Wildman–Crippen LogP) is 3.96. The Bertz CT molecular complexity index is 778. The van der Waals surface area contributed by atoms with Crippen LogP contribution in [0.15, 0.2) is 65.1 Å². The van der Waals surface area contributed by atoms with Gasteiger partial charge in [0.05, 0.1) is 12.6 Å². The lowest BCUT2D eigenvalue weighted by Gasteiger charge is -2.16. The van der Waals surface area contributed by atoms with Crippen molar-refractivity contribution >= 4 is 16.9 Å². The maximum atomic E-state index is 12.2. The lowest BCUT2D eigenvalue weighted by molar-refractivity contribution is -0.121. The van der Waals surface area contributed by atoms with Crippen LogP contribution in [0.25, 0.3) is 11.0 Å². The van der Waals surface area contributed by atoms with Crippen LogP contribution in [-0.2, 0) is 4.79 Å². The largest absolute Gasteiger partial charge is 0.459 e. The van der Waals surface area contributed by atoms with E-state index in [0.29, 0.717) is 0 Å². The number of carbonyl (C=O) groups is 1. The molecule has 24 heavy (non-hydrogen) atoms. The van der Waals surface area contributed by atoms with Crippen molar-refractivity contribution in [2.24, 2.45) is 0 Å².